The van der Waals surface area contributed by atoms with Crippen molar-refractivity contribution >= 4 is 23.9 Å². The Hall–Kier alpha value is -1.39. The Balaban J connectivity index is 3.10. The molecule has 92 valence electrons. The molecule has 1 aromatic rings. The van der Waals surface area contributed by atoms with Crippen molar-refractivity contribution in [3.63, 3.8) is 0 Å². The lowest BCUT2D eigenvalue weighted by Crippen LogP contribution is -2.13. The van der Waals surface area contributed by atoms with Crippen LogP contribution in [0, 0.1) is 0 Å². The van der Waals surface area contributed by atoms with Crippen LogP contribution < -0.4 is 0 Å². The highest BCUT2D eigenvalue weighted by Gasteiger charge is 2.19. The van der Waals surface area contributed by atoms with Crippen LogP contribution in [0.2, 0.25) is 0 Å². The van der Waals surface area contributed by atoms with E-state index in [9.17, 15) is 14.7 Å². The molecule has 17 heavy (non-hydrogen) atoms. The fourth-order valence-electron chi connectivity index (χ4n) is 1.56. The van der Waals surface area contributed by atoms with Crippen LogP contribution in [0.15, 0.2) is 18.2 Å². The number of benzene rings is 1. The van der Waals surface area contributed by atoms with Crippen molar-refractivity contribution in [2.24, 2.45) is 0 Å². The fraction of sp³-hybridized carbons (Fsp3) is 0.333. The number of carbonyl (C=O) groups excluding carboxylic acids is 1. The third-order valence-corrected chi connectivity index (χ3v) is 2.68. The van der Waals surface area contributed by atoms with Crippen molar-refractivity contribution in [1.29, 1.82) is 0 Å². The first-order valence-electron chi connectivity index (χ1n) is 5.15. The normalized spacial score (nSPS) is 12.1. The molecule has 0 bridgehead atoms. The molecule has 0 amide bonds. The Labute approximate surface area is 104 Å². The zero-order valence-corrected chi connectivity index (χ0v) is 9.85. The first kappa shape index (κ1) is 13.7. The van der Waals surface area contributed by atoms with Crippen LogP contribution in [-0.2, 0) is 11.2 Å². The van der Waals surface area contributed by atoms with Gasteiger partial charge in [0, 0.05) is 11.4 Å². The maximum atomic E-state index is 10.8. The van der Waals surface area contributed by atoms with Crippen LogP contribution in [0.25, 0.3) is 0 Å². The molecular weight excluding hydrogens is 244 g/mol. The number of hydrogen-bond donors (Lipinski definition) is 2. The summed E-state index contributed by atoms with van der Waals surface area (Å²) in [5.74, 6) is -0.877. The molecule has 0 radical (unpaired) electrons. The van der Waals surface area contributed by atoms with Gasteiger partial charge in [-0.2, -0.15) is 0 Å². The zero-order chi connectivity index (χ0) is 12.8. The lowest BCUT2D eigenvalue weighted by molar-refractivity contribution is -0.147. The van der Waals surface area contributed by atoms with Crippen molar-refractivity contribution in [3.8, 4) is 0 Å². The summed E-state index contributed by atoms with van der Waals surface area (Å²) in [5, 5.41) is 18.3. The van der Waals surface area contributed by atoms with Crippen molar-refractivity contribution in [3.05, 3.63) is 34.9 Å². The van der Waals surface area contributed by atoms with Crippen LogP contribution in [0.5, 0.6) is 0 Å². The number of halogens is 1. The topological polar surface area (TPSA) is 74.6 Å². The van der Waals surface area contributed by atoms with Gasteiger partial charge >= 0.3 is 5.97 Å². The number of aryl methyl sites for hydroxylation is 1. The number of aldehydes is 1. The Morgan fingerprint density at radius 3 is 2.71 bits per heavy atom. The quantitative estimate of drug-likeness (QED) is 0.601. The molecule has 0 saturated heterocycles. The molecule has 0 aliphatic rings. The largest absolute Gasteiger partial charge is 0.479 e. The minimum absolute atomic E-state index is 0.257. The third kappa shape index (κ3) is 3.54. The van der Waals surface area contributed by atoms with Crippen molar-refractivity contribution in [2.75, 3.05) is 5.88 Å². The molecule has 2 N–H and O–H groups in total. The van der Waals surface area contributed by atoms with E-state index in [1.165, 1.54) is 6.07 Å². The van der Waals surface area contributed by atoms with E-state index < -0.39 is 12.1 Å². The zero-order valence-electron chi connectivity index (χ0n) is 9.10. The molecule has 0 aromatic heterocycles. The van der Waals surface area contributed by atoms with E-state index in [2.05, 4.69) is 0 Å². The number of aliphatic hydroxyl groups excluding tert-OH is 1. The van der Waals surface area contributed by atoms with Crippen LogP contribution in [-0.4, -0.2) is 28.3 Å². The average molecular weight is 257 g/mol. The van der Waals surface area contributed by atoms with Gasteiger partial charge < -0.3 is 10.2 Å². The number of carbonyl (C=O) groups is 2. The standard InChI is InChI=1S/C12H13ClO4/c13-5-1-2-9-4-3-8(7-14)6-10(9)11(15)12(16)17/h3-4,6-7,11,15H,1-2,5H2,(H,16,17). The maximum absolute atomic E-state index is 10.8. The van der Waals surface area contributed by atoms with Gasteiger partial charge in [0.2, 0.25) is 0 Å². The molecule has 0 spiro atoms. The summed E-state index contributed by atoms with van der Waals surface area (Å²) in [5.41, 5.74) is 1.30. The van der Waals surface area contributed by atoms with Crippen LogP contribution >= 0.6 is 11.6 Å². The average Bonchev–Trinajstić information content (AvgIpc) is 2.35. The second-order valence-corrected chi connectivity index (χ2v) is 3.99. The molecule has 4 nitrogen and oxygen atoms in total. The number of aliphatic hydroxyl groups is 1. The first-order chi connectivity index (χ1) is 8.10. The van der Waals surface area contributed by atoms with E-state index in [1.54, 1.807) is 12.1 Å². The predicted molar refractivity (Wildman–Crippen MR) is 63.5 cm³/mol. The minimum atomic E-state index is -1.61. The van der Waals surface area contributed by atoms with Crippen LogP contribution in [0.1, 0.15) is 34.0 Å². The Morgan fingerprint density at radius 2 is 2.18 bits per heavy atom. The summed E-state index contributed by atoms with van der Waals surface area (Å²) in [6.45, 7) is 0. The molecule has 1 aromatic carbocycles. The number of carboxylic acid groups (broad SMARTS) is 1. The highest BCUT2D eigenvalue weighted by molar-refractivity contribution is 6.17. The summed E-state index contributed by atoms with van der Waals surface area (Å²) in [7, 11) is 0. The van der Waals surface area contributed by atoms with Gasteiger partial charge in [-0.25, -0.2) is 4.79 Å². The molecule has 0 aliphatic heterocycles. The molecule has 0 saturated carbocycles. The predicted octanol–water partition coefficient (Wildman–Crippen LogP) is 1.79. The van der Waals surface area contributed by atoms with Crippen LogP contribution in [0.4, 0.5) is 0 Å². The molecule has 1 unspecified atom stereocenters. The molecule has 1 atom stereocenters. The first-order valence-corrected chi connectivity index (χ1v) is 5.68. The van der Waals surface area contributed by atoms with Gasteiger partial charge in [-0.15, -0.1) is 11.6 Å². The maximum Gasteiger partial charge on any atom is 0.337 e. The van der Waals surface area contributed by atoms with Gasteiger partial charge in [-0.3, -0.25) is 4.79 Å². The smallest absolute Gasteiger partial charge is 0.337 e. The van der Waals surface area contributed by atoms with E-state index in [-0.39, 0.29) is 5.56 Å². The van der Waals surface area contributed by atoms with E-state index in [4.69, 9.17) is 16.7 Å². The highest BCUT2D eigenvalue weighted by atomic mass is 35.5. The second kappa shape index (κ2) is 6.37. The highest BCUT2D eigenvalue weighted by Crippen LogP contribution is 2.21. The number of aliphatic carboxylic acids is 1. The summed E-state index contributed by atoms with van der Waals surface area (Å²) < 4.78 is 0. The number of rotatable bonds is 6. The molecule has 0 aliphatic carbocycles. The Morgan fingerprint density at radius 1 is 1.47 bits per heavy atom. The Bertz CT molecular complexity index is 417. The van der Waals surface area contributed by atoms with E-state index >= 15 is 0 Å². The number of hydrogen-bond acceptors (Lipinski definition) is 3. The minimum Gasteiger partial charge on any atom is -0.479 e. The van der Waals surface area contributed by atoms with Gasteiger partial charge in [0.1, 0.15) is 6.29 Å². The van der Waals surface area contributed by atoms with Crippen molar-refractivity contribution in [1.82, 2.24) is 0 Å². The lowest BCUT2D eigenvalue weighted by atomic mass is 9.97. The third-order valence-electron chi connectivity index (χ3n) is 2.41. The summed E-state index contributed by atoms with van der Waals surface area (Å²) in [6.07, 6.45) is 0.257. The van der Waals surface area contributed by atoms with Crippen molar-refractivity contribution in [2.45, 2.75) is 18.9 Å². The van der Waals surface area contributed by atoms with E-state index in [0.717, 1.165) is 0 Å². The molecule has 0 heterocycles. The Kier molecular flexibility index (Phi) is 5.12. The molecular formula is C12H13ClO4. The van der Waals surface area contributed by atoms with Gasteiger partial charge in [-0.05, 0) is 30.0 Å². The molecule has 5 heteroatoms. The summed E-state index contributed by atoms with van der Waals surface area (Å²) in [4.78, 5) is 21.4. The monoisotopic (exact) mass is 256 g/mol. The number of carboxylic acids is 1. The molecule has 1 rings (SSSR count). The summed E-state index contributed by atoms with van der Waals surface area (Å²) in [6, 6.07) is 4.64. The number of alkyl halides is 1. The molecule has 0 fully saturated rings. The van der Waals surface area contributed by atoms with Gasteiger partial charge in [-0.1, -0.05) is 12.1 Å². The van der Waals surface area contributed by atoms with Crippen LogP contribution in [0.3, 0.4) is 0 Å². The summed E-state index contributed by atoms with van der Waals surface area (Å²) >= 11 is 5.57. The van der Waals surface area contributed by atoms with Gasteiger partial charge in [0.05, 0.1) is 0 Å². The van der Waals surface area contributed by atoms with Gasteiger partial charge in [0.25, 0.3) is 0 Å². The van der Waals surface area contributed by atoms with E-state index in [0.29, 0.717) is 36.1 Å². The fourth-order valence-corrected chi connectivity index (χ4v) is 1.69. The second-order valence-electron chi connectivity index (χ2n) is 3.61. The van der Waals surface area contributed by atoms with E-state index in [1.807, 2.05) is 0 Å². The van der Waals surface area contributed by atoms with Crippen molar-refractivity contribution < 1.29 is 19.8 Å². The lowest BCUT2D eigenvalue weighted by Gasteiger charge is -2.12. The SMILES string of the molecule is O=Cc1ccc(CCCCl)c(C(O)C(=O)O)c1. The van der Waals surface area contributed by atoms with Gasteiger partial charge in [0.15, 0.2) is 6.10 Å².